The highest BCUT2D eigenvalue weighted by atomic mass is 16.2. The Morgan fingerprint density at radius 3 is 2.62 bits per heavy atom. The number of nitrogen functional groups attached to an aromatic ring is 1. The number of nitrogens with two attached hydrogens (primary N) is 1. The summed E-state index contributed by atoms with van der Waals surface area (Å²) in [6.07, 6.45) is 2.68. The van der Waals surface area contributed by atoms with Crippen molar-refractivity contribution in [2.24, 2.45) is 0 Å². The van der Waals surface area contributed by atoms with Crippen molar-refractivity contribution in [1.82, 2.24) is 10.3 Å². The van der Waals surface area contributed by atoms with Crippen LogP contribution < -0.4 is 21.7 Å². The van der Waals surface area contributed by atoms with E-state index in [1.54, 1.807) is 6.20 Å². The maximum Gasteiger partial charge on any atom is 0.247 e. The van der Waals surface area contributed by atoms with E-state index in [1.807, 2.05) is 72.8 Å². The zero-order chi connectivity index (χ0) is 23.5. The highest BCUT2D eigenvalue weighted by Gasteiger charge is 2.21. The molecule has 0 saturated carbocycles. The molecule has 4 bridgehead atoms. The average molecular weight is 452 g/mol. The van der Waals surface area contributed by atoms with E-state index in [4.69, 9.17) is 5.73 Å². The van der Waals surface area contributed by atoms with Gasteiger partial charge >= 0.3 is 0 Å². The van der Waals surface area contributed by atoms with E-state index in [9.17, 15) is 9.59 Å². The molecule has 2 aliphatic rings. The van der Waals surface area contributed by atoms with Gasteiger partial charge in [0.2, 0.25) is 11.8 Å². The van der Waals surface area contributed by atoms with Crippen molar-refractivity contribution in [1.29, 1.82) is 0 Å². The summed E-state index contributed by atoms with van der Waals surface area (Å²) in [4.78, 5) is 29.8. The molecule has 3 heterocycles. The SMILES string of the molecule is Nc1nccc2cc(N[C@H]3C(=O)NCc4cccc(c4)NC(=O)CCc4ccc3cc4)ccc12. The predicted octanol–water partition coefficient (Wildman–Crippen LogP) is 4.17. The minimum absolute atomic E-state index is 0.0354. The van der Waals surface area contributed by atoms with Gasteiger partial charge in [-0.3, -0.25) is 9.59 Å². The molecule has 0 saturated heterocycles. The van der Waals surface area contributed by atoms with Crippen molar-refractivity contribution in [3.05, 3.63) is 95.7 Å². The number of fused-ring (bicyclic) bond motifs is 9. The summed E-state index contributed by atoms with van der Waals surface area (Å²) in [5.41, 5.74) is 10.3. The first kappa shape index (κ1) is 21.5. The van der Waals surface area contributed by atoms with Crippen LogP contribution in [0.25, 0.3) is 10.8 Å². The lowest BCUT2D eigenvalue weighted by molar-refractivity contribution is -0.122. The third-order valence-electron chi connectivity index (χ3n) is 6.00. The third kappa shape index (κ3) is 4.68. The Labute approximate surface area is 197 Å². The van der Waals surface area contributed by atoms with Crippen molar-refractivity contribution in [3.63, 3.8) is 0 Å². The van der Waals surface area contributed by atoms with E-state index in [-0.39, 0.29) is 11.8 Å². The second-order valence-corrected chi connectivity index (χ2v) is 8.42. The summed E-state index contributed by atoms with van der Waals surface area (Å²) in [5.74, 6) is 0.291. The zero-order valence-electron chi connectivity index (χ0n) is 18.5. The molecule has 1 atom stereocenters. The Morgan fingerprint density at radius 1 is 0.912 bits per heavy atom. The minimum atomic E-state index is -0.598. The monoisotopic (exact) mass is 451 g/mol. The molecular formula is C27H25N5O2. The van der Waals surface area contributed by atoms with Crippen molar-refractivity contribution in [2.45, 2.75) is 25.4 Å². The first-order valence-electron chi connectivity index (χ1n) is 11.2. The number of aryl methyl sites for hydroxylation is 1. The van der Waals surface area contributed by atoms with Crippen molar-refractivity contribution in [3.8, 4) is 0 Å². The number of aromatic nitrogens is 1. The molecule has 5 N–H and O–H groups in total. The molecule has 7 nitrogen and oxygen atoms in total. The minimum Gasteiger partial charge on any atom is -0.383 e. The Bertz CT molecular complexity index is 1370. The third-order valence-corrected chi connectivity index (χ3v) is 6.00. The van der Waals surface area contributed by atoms with Crippen LogP contribution >= 0.6 is 0 Å². The van der Waals surface area contributed by atoms with Gasteiger partial charge < -0.3 is 21.7 Å². The maximum absolute atomic E-state index is 13.3. The number of nitrogens with zero attached hydrogens (tertiary/aromatic N) is 1. The van der Waals surface area contributed by atoms with Crippen LogP contribution in [-0.2, 0) is 22.6 Å². The fourth-order valence-electron chi connectivity index (χ4n) is 4.17. The zero-order valence-corrected chi connectivity index (χ0v) is 18.5. The first-order chi connectivity index (χ1) is 16.5. The van der Waals surface area contributed by atoms with E-state index in [1.165, 1.54) is 0 Å². The van der Waals surface area contributed by atoms with Gasteiger partial charge in [0.25, 0.3) is 0 Å². The number of carbonyl (C=O) groups is 2. The number of anilines is 3. The van der Waals surface area contributed by atoms with Crippen molar-refractivity contribution in [2.75, 3.05) is 16.4 Å². The number of hydrogen-bond acceptors (Lipinski definition) is 5. The maximum atomic E-state index is 13.3. The number of amides is 2. The normalized spacial score (nSPS) is 16.3. The van der Waals surface area contributed by atoms with Crippen LogP contribution in [0, 0.1) is 0 Å². The molecule has 0 radical (unpaired) electrons. The van der Waals surface area contributed by atoms with Gasteiger partial charge in [-0.2, -0.15) is 0 Å². The molecule has 2 amide bonds. The molecule has 4 aromatic rings. The first-order valence-corrected chi connectivity index (χ1v) is 11.2. The predicted molar refractivity (Wildman–Crippen MR) is 134 cm³/mol. The van der Waals surface area contributed by atoms with Crippen LogP contribution in [0.4, 0.5) is 17.2 Å². The van der Waals surface area contributed by atoms with Crippen LogP contribution in [0.3, 0.4) is 0 Å². The van der Waals surface area contributed by atoms with Gasteiger partial charge in [-0.15, -0.1) is 0 Å². The van der Waals surface area contributed by atoms with Crippen LogP contribution in [-0.4, -0.2) is 16.8 Å². The number of carbonyl (C=O) groups excluding carboxylic acids is 2. The Kier molecular flexibility index (Phi) is 5.82. The molecule has 7 heteroatoms. The number of benzene rings is 3. The number of rotatable bonds is 2. The largest absolute Gasteiger partial charge is 0.383 e. The second-order valence-electron chi connectivity index (χ2n) is 8.42. The molecule has 2 aliphatic heterocycles. The molecule has 6 rings (SSSR count). The van der Waals surface area contributed by atoms with E-state index >= 15 is 0 Å². The van der Waals surface area contributed by atoms with E-state index in [0.29, 0.717) is 25.2 Å². The molecule has 0 fully saturated rings. The smallest absolute Gasteiger partial charge is 0.247 e. The van der Waals surface area contributed by atoms with Gasteiger partial charge in [-0.25, -0.2) is 4.98 Å². The second kappa shape index (κ2) is 9.23. The van der Waals surface area contributed by atoms with Crippen LogP contribution in [0.5, 0.6) is 0 Å². The van der Waals surface area contributed by atoms with E-state index in [2.05, 4.69) is 20.9 Å². The molecule has 3 aromatic carbocycles. The molecule has 170 valence electrons. The Hall–Kier alpha value is -4.39. The van der Waals surface area contributed by atoms with Crippen LogP contribution in [0.15, 0.2) is 79.0 Å². The molecular weight excluding hydrogens is 426 g/mol. The fourth-order valence-corrected chi connectivity index (χ4v) is 4.17. The van der Waals surface area contributed by atoms with E-state index in [0.717, 1.165) is 38.8 Å². The number of hydrogen-bond donors (Lipinski definition) is 4. The highest BCUT2D eigenvalue weighted by molar-refractivity contribution is 5.94. The van der Waals surface area contributed by atoms with Gasteiger partial charge in [-0.05, 0) is 64.9 Å². The van der Waals surface area contributed by atoms with E-state index < -0.39 is 6.04 Å². The van der Waals surface area contributed by atoms with Crippen LogP contribution in [0.2, 0.25) is 0 Å². The van der Waals surface area contributed by atoms with Crippen molar-refractivity contribution < 1.29 is 9.59 Å². The summed E-state index contributed by atoms with van der Waals surface area (Å²) in [6, 6.07) is 22.4. The van der Waals surface area contributed by atoms with Gasteiger partial charge in [0, 0.05) is 35.9 Å². The number of pyridine rings is 1. The molecule has 0 unspecified atom stereocenters. The van der Waals surface area contributed by atoms with Gasteiger partial charge in [0.15, 0.2) is 0 Å². The lowest BCUT2D eigenvalue weighted by atomic mass is 10.0. The summed E-state index contributed by atoms with van der Waals surface area (Å²) < 4.78 is 0. The molecule has 0 aliphatic carbocycles. The highest BCUT2D eigenvalue weighted by Crippen LogP contribution is 2.26. The summed E-state index contributed by atoms with van der Waals surface area (Å²) >= 11 is 0. The van der Waals surface area contributed by atoms with Gasteiger partial charge in [-0.1, -0.05) is 36.4 Å². The molecule has 34 heavy (non-hydrogen) atoms. The lowest BCUT2D eigenvalue weighted by Gasteiger charge is -2.21. The van der Waals surface area contributed by atoms with Crippen LogP contribution in [0.1, 0.15) is 29.2 Å². The molecule has 0 spiro atoms. The standard InChI is InChI=1S/C27H25N5O2/c28-26-23-10-9-22(15-20(23)12-13-29-26)32-25-19-7-4-17(5-8-19)6-11-24(33)31-21-3-1-2-18(14-21)16-30-27(25)34/h1-5,7-10,12-15,25,32H,6,11,16H2,(H2,28,29)(H,30,34)(H,31,33)/t25-/m1/s1. The van der Waals surface area contributed by atoms with Gasteiger partial charge in [0.1, 0.15) is 11.9 Å². The molecule has 1 aromatic heterocycles. The Morgan fingerprint density at radius 2 is 1.76 bits per heavy atom. The summed E-state index contributed by atoms with van der Waals surface area (Å²) in [7, 11) is 0. The topological polar surface area (TPSA) is 109 Å². The fraction of sp³-hybridized carbons (Fsp3) is 0.148. The van der Waals surface area contributed by atoms with Gasteiger partial charge in [0.05, 0.1) is 0 Å². The summed E-state index contributed by atoms with van der Waals surface area (Å²) in [6.45, 7) is 0.346. The average Bonchev–Trinajstić information content (AvgIpc) is 2.85. The quantitative estimate of drug-likeness (QED) is 0.366. The summed E-state index contributed by atoms with van der Waals surface area (Å²) in [5, 5.41) is 11.2. The van der Waals surface area contributed by atoms with Crippen molar-refractivity contribution >= 4 is 39.8 Å². The number of nitrogens with one attached hydrogen (secondary N) is 3. The Balaban J connectivity index is 1.47. The lowest BCUT2D eigenvalue weighted by Crippen LogP contribution is -2.33.